The lowest BCUT2D eigenvalue weighted by Gasteiger charge is -2.10. The molecular weight excluding hydrogens is 504 g/mol. The second-order valence-corrected chi connectivity index (χ2v) is 7.48. The van der Waals surface area contributed by atoms with Crippen LogP contribution in [0.4, 0.5) is 49.5 Å². The van der Waals surface area contributed by atoms with Crippen molar-refractivity contribution in [3.8, 4) is 0 Å². The van der Waals surface area contributed by atoms with Crippen LogP contribution in [0.3, 0.4) is 0 Å². The lowest BCUT2D eigenvalue weighted by molar-refractivity contribution is -0.193. The van der Waals surface area contributed by atoms with Gasteiger partial charge in [0, 0.05) is 11.9 Å². The molecule has 35 heavy (non-hydrogen) atoms. The Morgan fingerprint density at radius 3 is 2.11 bits per heavy atom. The zero-order valence-corrected chi connectivity index (χ0v) is 18.1. The summed E-state index contributed by atoms with van der Waals surface area (Å²) in [5.74, 6) is -5.76. The summed E-state index contributed by atoms with van der Waals surface area (Å²) in [7, 11) is 0. The van der Waals surface area contributed by atoms with Gasteiger partial charge in [-0.2, -0.15) is 31.3 Å². The molecular formula is C21H14ClF6N5O2. The molecule has 6 bridgehead atoms. The molecule has 3 heterocycles. The first-order valence-corrected chi connectivity index (χ1v) is 10.0. The quantitative estimate of drug-likeness (QED) is 0.331. The van der Waals surface area contributed by atoms with Crippen LogP contribution in [0.25, 0.3) is 0 Å². The monoisotopic (exact) mass is 517 g/mol. The molecule has 1 aliphatic rings. The van der Waals surface area contributed by atoms with Crippen LogP contribution in [-0.4, -0.2) is 38.9 Å². The number of benzene rings is 1. The van der Waals surface area contributed by atoms with Crippen LogP contribution in [0.15, 0.2) is 48.9 Å². The summed E-state index contributed by atoms with van der Waals surface area (Å²) in [5.41, 5.74) is 4.24. The lowest BCUT2D eigenvalue weighted by Crippen LogP contribution is -2.39. The molecule has 0 amide bonds. The van der Waals surface area contributed by atoms with E-state index in [-0.39, 0.29) is 0 Å². The molecule has 7 nitrogen and oxygen atoms in total. The van der Waals surface area contributed by atoms with E-state index in [1.165, 1.54) is 11.1 Å². The number of nitrogens with one attached hydrogen (secondary N) is 2. The Balaban J connectivity index is 0.000000245. The van der Waals surface area contributed by atoms with Crippen molar-refractivity contribution >= 4 is 46.3 Å². The lowest BCUT2D eigenvalue weighted by atomic mass is 10.0. The number of aromatic nitrogens is 3. The fraction of sp³-hybridized carbons (Fsp3) is 0.190. The van der Waals surface area contributed by atoms with Crippen molar-refractivity contribution in [1.82, 2.24) is 15.0 Å². The molecule has 1 aliphatic heterocycles. The largest absolute Gasteiger partial charge is 0.458 e. The molecule has 0 aliphatic carbocycles. The predicted octanol–water partition coefficient (Wildman–Crippen LogP) is 5.36. The van der Waals surface area contributed by atoms with E-state index in [1.807, 2.05) is 18.3 Å². The molecule has 1 aromatic carbocycles. The van der Waals surface area contributed by atoms with Crippen LogP contribution < -0.4 is 10.6 Å². The van der Waals surface area contributed by atoms with E-state index in [2.05, 4.69) is 43.8 Å². The summed E-state index contributed by atoms with van der Waals surface area (Å²) in [6.45, 7) is 0. The Bertz CT molecular complexity index is 1230. The maximum atomic E-state index is 11.2. The summed E-state index contributed by atoms with van der Waals surface area (Å²) < 4.78 is 67.0. The molecule has 0 radical (unpaired) electrons. The first-order valence-electron chi connectivity index (χ1n) is 9.65. The highest BCUT2D eigenvalue weighted by Gasteiger charge is 2.54. The minimum absolute atomic E-state index is 0.475. The van der Waals surface area contributed by atoms with E-state index in [0.717, 1.165) is 24.2 Å². The van der Waals surface area contributed by atoms with Crippen molar-refractivity contribution in [3.63, 3.8) is 0 Å². The van der Waals surface area contributed by atoms with E-state index < -0.39 is 23.9 Å². The molecule has 0 atom stereocenters. The summed E-state index contributed by atoms with van der Waals surface area (Å²) >= 11 is 6.21. The van der Waals surface area contributed by atoms with Gasteiger partial charge in [0.05, 0.1) is 18.1 Å². The van der Waals surface area contributed by atoms with Crippen molar-refractivity contribution in [1.29, 1.82) is 0 Å². The maximum Gasteiger partial charge on any atom is 0.458 e. The fourth-order valence-corrected chi connectivity index (χ4v) is 2.96. The average molecular weight is 518 g/mol. The van der Waals surface area contributed by atoms with Crippen LogP contribution in [0, 0.1) is 0 Å². The Morgan fingerprint density at radius 1 is 0.829 bits per heavy atom. The number of carbonyl (C=O) groups excluding carboxylic acids is 2. The van der Waals surface area contributed by atoms with Gasteiger partial charge in [0.25, 0.3) is 0 Å². The fourth-order valence-electron chi connectivity index (χ4n) is 2.82. The molecule has 3 aromatic rings. The van der Waals surface area contributed by atoms with Crippen LogP contribution in [-0.2, 0) is 22.4 Å². The Morgan fingerprint density at radius 2 is 1.46 bits per heavy atom. The molecule has 4 rings (SSSR count). The summed E-state index contributed by atoms with van der Waals surface area (Å²) in [6.07, 6.45) is -4.45. The number of anilines is 4. The first-order chi connectivity index (χ1) is 16.3. The Labute approximate surface area is 198 Å². The van der Waals surface area contributed by atoms with Gasteiger partial charge in [-0.3, -0.25) is 14.6 Å². The second kappa shape index (κ2) is 10.3. The highest BCUT2D eigenvalue weighted by atomic mass is 35.5. The topological polar surface area (TPSA) is 96.9 Å². The number of nitrogens with zero attached hydrogens (tertiary/aromatic N) is 3. The molecule has 0 spiro atoms. The minimum Gasteiger partial charge on any atom is -0.339 e. The number of hydrogen-bond donors (Lipinski definition) is 2. The Kier molecular flexibility index (Phi) is 7.58. The maximum absolute atomic E-state index is 11.2. The smallest absolute Gasteiger partial charge is 0.339 e. The van der Waals surface area contributed by atoms with Crippen molar-refractivity contribution in [2.75, 3.05) is 10.6 Å². The first kappa shape index (κ1) is 25.9. The van der Waals surface area contributed by atoms with Crippen molar-refractivity contribution < 1.29 is 35.9 Å². The van der Waals surface area contributed by atoms with E-state index in [4.69, 9.17) is 11.6 Å². The number of hydrogen-bond acceptors (Lipinski definition) is 7. The van der Waals surface area contributed by atoms with Gasteiger partial charge >= 0.3 is 23.9 Å². The molecule has 2 N–H and O–H groups in total. The van der Waals surface area contributed by atoms with Gasteiger partial charge in [0.2, 0.25) is 5.95 Å². The number of fused-ring (bicyclic) bond motifs is 6. The van der Waals surface area contributed by atoms with Crippen LogP contribution in [0.1, 0.15) is 11.1 Å². The summed E-state index contributed by atoms with van der Waals surface area (Å²) in [6, 6.07) is 10.3. The number of pyridine rings is 1. The van der Waals surface area contributed by atoms with Gasteiger partial charge in [-0.05, 0) is 42.2 Å². The summed E-state index contributed by atoms with van der Waals surface area (Å²) in [5, 5.41) is 6.91. The zero-order chi connectivity index (χ0) is 25.8. The van der Waals surface area contributed by atoms with Gasteiger partial charge < -0.3 is 10.6 Å². The number of alkyl halides is 6. The molecule has 0 saturated carbocycles. The SMILES string of the molecule is Clc1cnc2nc1Nc1cccc(c1)CCc1cncc(c1)N2.O=C(C(=O)C(F)(F)F)C(F)(F)F. The van der Waals surface area contributed by atoms with E-state index >= 15 is 0 Å². The highest BCUT2D eigenvalue weighted by Crippen LogP contribution is 2.27. The number of halogens is 7. The number of rotatable bonds is 1. The Hall–Kier alpha value is -3.74. The number of ketones is 2. The minimum atomic E-state index is -5.77. The molecule has 0 unspecified atom stereocenters. The van der Waals surface area contributed by atoms with Gasteiger partial charge in [0.1, 0.15) is 5.02 Å². The molecule has 2 aromatic heterocycles. The van der Waals surface area contributed by atoms with Crippen LogP contribution in [0.5, 0.6) is 0 Å². The van der Waals surface area contributed by atoms with Gasteiger partial charge in [-0.15, -0.1) is 0 Å². The van der Waals surface area contributed by atoms with Crippen molar-refractivity contribution in [3.05, 3.63) is 65.1 Å². The van der Waals surface area contributed by atoms with E-state index in [0.29, 0.717) is 16.8 Å². The van der Waals surface area contributed by atoms with E-state index in [9.17, 15) is 35.9 Å². The third kappa shape index (κ3) is 7.12. The van der Waals surface area contributed by atoms with E-state index in [1.54, 1.807) is 12.4 Å². The molecule has 0 saturated heterocycles. The molecule has 14 heteroatoms. The third-order valence-electron chi connectivity index (χ3n) is 4.41. The summed E-state index contributed by atoms with van der Waals surface area (Å²) in [4.78, 5) is 32.2. The normalized spacial score (nSPS) is 12.9. The number of Topliss-reactive ketones (excluding diaryl/α,β-unsaturated/α-hetero) is 2. The average Bonchev–Trinajstić information content (AvgIpc) is 2.78. The molecule has 0 fully saturated rings. The van der Waals surface area contributed by atoms with Gasteiger partial charge in [-0.1, -0.05) is 23.7 Å². The zero-order valence-electron chi connectivity index (χ0n) is 17.3. The molecule has 184 valence electrons. The van der Waals surface area contributed by atoms with Gasteiger partial charge in [0.15, 0.2) is 5.82 Å². The third-order valence-corrected chi connectivity index (χ3v) is 4.68. The standard InChI is InChI=1S/C17H14ClN5.C4F6O2/c18-15-10-20-17-22-14-7-12(8-19-9-14)5-4-11-2-1-3-13(6-11)21-16(15)23-17;5-3(6,7)1(11)2(12)4(8,9)10/h1-3,6-10H,4-5H2,(H2,20,21,22,23);. The number of aryl methyl sites for hydroxylation is 2. The second-order valence-electron chi connectivity index (χ2n) is 7.08. The predicted molar refractivity (Wildman–Crippen MR) is 114 cm³/mol. The van der Waals surface area contributed by atoms with Crippen LogP contribution >= 0.6 is 11.6 Å². The van der Waals surface area contributed by atoms with Crippen LogP contribution in [0.2, 0.25) is 5.02 Å². The number of carbonyl (C=O) groups is 2. The van der Waals surface area contributed by atoms with Crippen molar-refractivity contribution in [2.24, 2.45) is 0 Å². The van der Waals surface area contributed by atoms with Gasteiger partial charge in [-0.25, -0.2) is 4.98 Å². The highest BCUT2D eigenvalue weighted by molar-refractivity contribution is 6.41. The van der Waals surface area contributed by atoms with Crippen molar-refractivity contribution in [2.45, 2.75) is 25.2 Å².